The lowest BCUT2D eigenvalue weighted by atomic mass is 10.0. The van der Waals surface area contributed by atoms with Gasteiger partial charge in [0.1, 0.15) is 0 Å². The third-order valence-electron chi connectivity index (χ3n) is 16.4. The van der Waals surface area contributed by atoms with Crippen LogP contribution in [0.15, 0.2) is 36.5 Å². The van der Waals surface area contributed by atoms with Gasteiger partial charge in [0.05, 0.1) is 25.4 Å². The smallest absolute Gasteiger partial charge is 0.305 e. The van der Waals surface area contributed by atoms with E-state index in [-0.39, 0.29) is 18.5 Å². The Morgan fingerprint density at radius 2 is 0.641 bits per heavy atom. The Morgan fingerprint density at radius 3 is 1.00 bits per heavy atom. The van der Waals surface area contributed by atoms with Crippen LogP contribution in [0.1, 0.15) is 386 Å². The quantitative estimate of drug-likeness (QED) is 0.0320. The minimum Gasteiger partial charge on any atom is -0.466 e. The van der Waals surface area contributed by atoms with E-state index in [1.54, 1.807) is 0 Å². The maximum absolute atomic E-state index is 12.5. The van der Waals surface area contributed by atoms with Crippen LogP contribution in [0, 0.1) is 0 Å². The van der Waals surface area contributed by atoms with E-state index in [0.717, 1.165) is 51.4 Å². The molecule has 0 bridgehead atoms. The summed E-state index contributed by atoms with van der Waals surface area (Å²) in [5, 5.41) is 23.4. The van der Waals surface area contributed by atoms with E-state index >= 15 is 0 Å². The molecule has 0 rings (SSSR count). The van der Waals surface area contributed by atoms with Gasteiger partial charge in [-0.1, -0.05) is 326 Å². The van der Waals surface area contributed by atoms with E-state index in [4.69, 9.17) is 4.74 Å². The molecule has 1 amide bonds. The molecule has 0 aromatic carbocycles. The second kappa shape index (κ2) is 67.6. The van der Waals surface area contributed by atoms with Gasteiger partial charge in [0, 0.05) is 12.8 Å². The average molecular weight is 1100 g/mol. The summed E-state index contributed by atoms with van der Waals surface area (Å²) in [5.74, 6) is -0.0264. The van der Waals surface area contributed by atoms with Crippen molar-refractivity contribution in [1.29, 1.82) is 0 Å². The number of carbonyl (C=O) groups is 2. The molecule has 0 heterocycles. The number of esters is 1. The molecular weight excluding hydrogens is 959 g/mol. The topological polar surface area (TPSA) is 95.9 Å². The number of ether oxygens (including phenoxy) is 1. The lowest BCUT2D eigenvalue weighted by Gasteiger charge is -2.22. The molecule has 0 saturated carbocycles. The molecule has 0 radical (unpaired) electrons. The highest BCUT2D eigenvalue weighted by molar-refractivity contribution is 5.76. The van der Waals surface area contributed by atoms with Crippen LogP contribution < -0.4 is 5.32 Å². The molecule has 78 heavy (non-hydrogen) atoms. The van der Waals surface area contributed by atoms with Crippen molar-refractivity contribution in [1.82, 2.24) is 5.32 Å². The molecule has 0 fully saturated rings. The van der Waals surface area contributed by atoms with E-state index in [9.17, 15) is 19.8 Å². The zero-order valence-electron chi connectivity index (χ0n) is 52.7. The second-order valence-electron chi connectivity index (χ2n) is 24.2. The van der Waals surface area contributed by atoms with E-state index < -0.39 is 12.1 Å². The van der Waals surface area contributed by atoms with E-state index in [1.165, 1.54) is 302 Å². The second-order valence-corrected chi connectivity index (χ2v) is 24.2. The third kappa shape index (κ3) is 63.3. The van der Waals surface area contributed by atoms with Crippen molar-refractivity contribution in [2.45, 2.75) is 398 Å². The van der Waals surface area contributed by atoms with Crippen molar-refractivity contribution < 1.29 is 24.5 Å². The number of hydrogen-bond acceptors (Lipinski definition) is 5. The Hall–Kier alpha value is -1.92. The molecule has 0 aromatic rings. The summed E-state index contributed by atoms with van der Waals surface area (Å²) in [4.78, 5) is 24.6. The van der Waals surface area contributed by atoms with Crippen molar-refractivity contribution >= 4 is 11.9 Å². The number of hydrogen-bond donors (Lipinski definition) is 3. The first kappa shape index (κ1) is 76.1. The number of rotatable bonds is 66. The van der Waals surface area contributed by atoms with Crippen LogP contribution in [0.5, 0.6) is 0 Å². The van der Waals surface area contributed by atoms with Crippen LogP contribution in [0.2, 0.25) is 0 Å². The van der Waals surface area contributed by atoms with Crippen molar-refractivity contribution in [3.63, 3.8) is 0 Å². The van der Waals surface area contributed by atoms with Crippen molar-refractivity contribution in [2.75, 3.05) is 13.2 Å². The summed E-state index contributed by atoms with van der Waals surface area (Å²) >= 11 is 0. The van der Waals surface area contributed by atoms with Gasteiger partial charge < -0.3 is 20.3 Å². The first-order valence-electron chi connectivity index (χ1n) is 35.2. The van der Waals surface area contributed by atoms with Crippen LogP contribution in [0.4, 0.5) is 0 Å². The van der Waals surface area contributed by atoms with Gasteiger partial charge in [-0.15, -0.1) is 0 Å². The van der Waals surface area contributed by atoms with Crippen molar-refractivity contribution in [2.24, 2.45) is 0 Å². The molecule has 0 aliphatic rings. The predicted molar refractivity (Wildman–Crippen MR) is 343 cm³/mol. The molecule has 0 aromatic heterocycles. The largest absolute Gasteiger partial charge is 0.466 e. The average Bonchev–Trinajstić information content (AvgIpc) is 3.44. The Bertz CT molecular complexity index is 1260. The molecule has 2 atom stereocenters. The minimum absolute atomic E-state index is 0.00749. The van der Waals surface area contributed by atoms with Gasteiger partial charge in [-0.25, -0.2) is 0 Å². The van der Waals surface area contributed by atoms with Gasteiger partial charge in [-0.2, -0.15) is 0 Å². The van der Waals surface area contributed by atoms with Gasteiger partial charge in [-0.3, -0.25) is 9.59 Å². The van der Waals surface area contributed by atoms with Crippen LogP contribution in [-0.2, 0) is 14.3 Å². The summed E-state index contributed by atoms with van der Waals surface area (Å²) in [7, 11) is 0. The monoisotopic (exact) mass is 1100 g/mol. The predicted octanol–water partition coefficient (Wildman–Crippen LogP) is 22.7. The molecule has 460 valence electrons. The zero-order chi connectivity index (χ0) is 56.4. The number of unbranched alkanes of at least 4 members (excludes halogenated alkanes) is 49. The van der Waals surface area contributed by atoms with Gasteiger partial charge >= 0.3 is 5.97 Å². The number of amides is 1. The summed E-state index contributed by atoms with van der Waals surface area (Å²) in [6.45, 7) is 4.96. The van der Waals surface area contributed by atoms with Gasteiger partial charge in [0.15, 0.2) is 0 Å². The Morgan fingerprint density at radius 1 is 0.359 bits per heavy atom. The van der Waals surface area contributed by atoms with E-state index in [0.29, 0.717) is 25.9 Å². The highest BCUT2D eigenvalue weighted by Gasteiger charge is 2.20. The third-order valence-corrected chi connectivity index (χ3v) is 16.4. The van der Waals surface area contributed by atoms with Crippen LogP contribution in [0.3, 0.4) is 0 Å². The molecule has 6 nitrogen and oxygen atoms in total. The summed E-state index contributed by atoms with van der Waals surface area (Å²) in [6, 6.07) is -0.543. The molecule has 6 heteroatoms. The minimum atomic E-state index is -0.666. The fraction of sp³-hybridized carbons (Fsp3) is 0.889. The lowest BCUT2D eigenvalue weighted by Crippen LogP contribution is -2.45. The number of carbonyl (C=O) groups excluding carboxylic acids is 2. The number of aliphatic hydroxyl groups is 2. The number of nitrogens with one attached hydrogen (secondary N) is 1. The first-order valence-corrected chi connectivity index (χ1v) is 35.2. The number of allylic oxidation sites excluding steroid dienone is 6. The molecule has 0 aliphatic heterocycles. The standard InChI is InChI=1S/C72H137NO5/c1-3-5-7-9-11-13-15-17-19-21-34-38-42-46-50-54-58-62-66-72(77)78-67-63-59-55-51-47-43-39-35-31-29-27-25-23-22-24-26-28-30-33-37-41-45-49-53-57-61-65-71(76)73-69(68-74)70(75)64-60-56-52-48-44-40-36-32-20-18-16-14-12-10-8-6-4-2/h13,15,19,21-22,24,69-70,74-75H,3-12,14,16-18,20,23,25-68H2,1-2H3,(H,73,76)/b15-13-,21-19-,24-22-. The van der Waals surface area contributed by atoms with Crippen molar-refractivity contribution in [3.8, 4) is 0 Å². The Kier molecular flexibility index (Phi) is 65.9. The zero-order valence-corrected chi connectivity index (χ0v) is 52.7. The number of aliphatic hydroxyl groups excluding tert-OH is 2. The lowest BCUT2D eigenvalue weighted by molar-refractivity contribution is -0.143. The van der Waals surface area contributed by atoms with Gasteiger partial charge in [0.2, 0.25) is 5.91 Å². The van der Waals surface area contributed by atoms with Gasteiger partial charge in [0.25, 0.3) is 0 Å². The maximum Gasteiger partial charge on any atom is 0.305 e. The summed E-state index contributed by atoms with van der Waals surface area (Å²) in [6.07, 6.45) is 86.1. The molecule has 3 N–H and O–H groups in total. The van der Waals surface area contributed by atoms with E-state index in [1.807, 2.05) is 0 Å². The summed E-state index contributed by atoms with van der Waals surface area (Å²) in [5.41, 5.74) is 0. The van der Waals surface area contributed by atoms with Crippen LogP contribution in [-0.4, -0.2) is 47.4 Å². The van der Waals surface area contributed by atoms with Crippen LogP contribution in [0.25, 0.3) is 0 Å². The van der Waals surface area contributed by atoms with Gasteiger partial charge in [-0.05, 0) is 83.5 Å². The Labute approximate surface area is 487 Å². The van der Waals surface area contributed by atoms with Crippen LogP contribution >= 0.6 is 0 Å². The molecular formula is C72H137NO5. The fourth-order valence-electron chi connectivity index (χ4n) is 11.0. The van der Waals surface area contributed by atoms with Crippen molar-refractivity contribution in [3.05, 3.63) is 36.5 Å². The highest BCUT2D eigenvalue weighted by atomic mass is 16.5. The molecule has 0 saturated heterocycles. The maximum atomic E-state index is 12.5. The van der Waals surface area contributed by atoms with E-state index in [2.05, 4.69) is 55.6 Å². The Balaban J connectivity index is 3.38. The molecule has 0 spiro atoms. The molecule has 2 unspecified atom stereocenters. The normalized spacial score (nSPS) is 12.7. The molecule has 0 aliphatic carbocycles. The SMILES string of the molecule is CCCCCC/C=C\C/C=C\CCCCCCCCCC(=O)OCCCCCCCCCCCCCC/C=C\CCCCCCCCCCCCC(=O)NC(CO)C(O)CCCCCCCCCCCCCCCCCCC. The first-order chi connectivity index (χ1) is 38.5. The highest BCUT2D eigenvalue weighted by Crippen LogP contribution is 2.18. The summed E-state index contributed by atoms with van der Waals surface area (Å²) < 4.78 is 5.50. The fourth-order valence-corrected chi connectivity index (χ4v) is 11.0.